The molecule has 24 heavy (non-hydrogen) atoms. The summed E-state index contributed by atoms with van der Waals surface area (Å²) in [5.74, 6) is 0.957. The van der Waals surface area contributed by atoms with Gasteiger partial charge in [0.25, 0.3) is 0 Å². The molecule has 2 amide bonds. The van der Waals surface area contributed by atoms with E-state index in [9.17, 15) is 9.59 Å². The average molecular weight is 347 g/mol. The number of hydrogen-bond acceptors (Lipinski definition) is 6. The van der Waals surface area contributed by atoms with Crippen LogP contribution in [0.15, 0.2) is 12.4 Å². The van der Waals surface area contributed by atoms with Crippen LogP contribution in [-0.2, 0) is 9.59 Å². The molecule has 7 nitrogen and oxygen atoms in total. The van der Waals surface area contributed by atoms with Crippen LogP contribution in [0.5, 0.6) is 0 Å². The summed E-state index contributed by atoms with van der Waals surface area (Å²) in [6.07, 6.45) is 1.96. The third kappa shape index (κ3) is 3.64. The quantitative estimate of drug-likeness (QED) is 0.907. The van der Waals surface area contributed by atoms with Crippen molar-refractivity contribution in [2.45, 2.75) is 20.3 Å². The van der Waals surface area contributed by atoms with Gasteiger partial charge in [0.2, 0.25) is 11.8 Å². The van der Waals surface area contributed by atoms with Gasteiger partial charge in [0.05, 0.1) is 5.39 Å². The van der Waals surface area contributed by atoms with Crippen molar-refractivity contribution in [3.63, 3.8) is 0 Å². The van der Waals surface area contributed by atoms with E-state index in [1.807, 2.05) is 11.8 Å². The van der Waals surface area contributed by atoms with Gasteiger partial charge < -0.3 is 15.1 Å². The van der Waals surface area contributed by atoms with Crippen molar-refractivity contribution in [3.05, 3.63) is 17.3 Å². The molecule has 0 unspecified atom stereocenters. The van der Waals surface area contributed by atoms with Crippen LogP contribution in [0.4, 0.5) is 5.82 Å². The van der Waals surface area contributed by atoms with E-state index in [1.165, 1.54) is 4.88 Å². The summed E-state index contributed by atoms with van der Waals surface area (Å²) in [6, 6.07) is 2.06. The number of hydrogen-bond donors (Lipinski definition) is 1. The van der Waals surface area contributed by atoms with Crippen molar-refractivity contribution in [2.24, 2.45) is 0 Å². The summed E-state index contributed by atoms with van der Waals surface area (Å²) < 4.78 is 0. The lowest BCUT2D eigenvalue weighted by atomic mass is 10.2. The standard InChI is InChI=1S/C16H21N5O2S/c1-11-9-13-15(18-10-19-16(13)24-11)17-4-3-14(23)21-7-5-20(6-8-21)12(2)22/h9-10H,3-8H2,1-2H3,(H,17,18,19). The van der Waals surface area contributed by atoms with Gasteiger partial charge in [-0.15, -0.1) is 11.3 Å². The molecule has 1 aliphatic rings. The summed E-state index contributed by atoms with van der Waals surface area (Å²) in [7, 11) is 0. The molecule has 1 N–H and O–H groups in total. The van der Waals surface area contributed by atoms with Crippen LogP contribution in [0.3, 0.4) is 0 Å². The highest BCUT2D eigenvalue weighted by Crippen LogP contribution is 2.27. The van der Waals surface area contributed by atoms with Crippen LogP contribution in [0.2, 0.25) is 0 Å². The number of carbonyl (C=O) groups excluding carboxylic acids is 2. The van der Waals surface area contributed by atoms with Crippen molar-refractivity contribution >= 4 is 39.2 Å². The summed E-state index contributed by atoms with van der Waals surface area (Å²) in [5.41, 5.74) is 0. The molecular formula is C16H21N5O2S. The predicted octanol–water partition coefficient (Wildman–Crippen LogP) is 1.49. The molecule has 0 aromatic carbocycles. The highest BCUT2D eigenvalue weighted by atomic mass is 32.1. The molecule has 0 radical (unpaired) electrons. The Hall–Kier alpha value is -2.22. The summed E-state index contributed by atoms with van der Waals surface area (Å²) in [5, 5.41) is 4.24. The number of anilines is 1. The summed E-state index contributed by atoms with van der Waals surface area (Å²) in [6.45, 7) is 6.60. The number of piperazine rings is 1. The molecule has 1 fully saturated rings. The van der Waals surface area contributed by atoms with Crippen molar-refractivity contribution in [2.75, 3.05) is 38.0 Å². The number of rotatable bonds is 4. The van der Waals surface area contributed by atoms with Crippen LogP contribution >= 0.6 is 11.3 Å². The Morgan fingerprint density at radius 2 is 1.92 bits per heavy atom. The van der Waals surface area contributed by atoms with Gasteiger partial charge in [-0.1, -0.05) is 0 Å². The molecule has 3 heterocycles. The van der Waals surface area contributed by atoms with Gasteiger partial charge in [-0.3, -0.25) is 9.59 Å². The van der Waals surface area contributed by atoms with Crippen molar-refractivity contribution in [3.8, 4) is 0 Å². The lowest BCUT2D eigenvalue weighted by molar-refractivity contribution is -0.138. The lowest BCUT2D eigenvalue weighted by Crippen LogP contribution is -2.50. The zero-order chi connectivity index (χ0) is 17.1. The Balaban J connectivity index is 1.51. The predicted molar refractivity (Wildman–Crippen MR) is 94.1 cm³/mol. The van der Waals surface area contributed by atoms with Crippen LogP contribution in [-0.4, -0.2) is 64.3 Å². The number of aromatic nitrogens is 2. The number of nitrogens with one attached hydrogen (secondary N) is 1. The van der Waals surface area contributed by atoms with Crippen LogP contribution in [0, 0.1) is 6.92 Å². The number of carbonyl (C=O) groups is 2. The Morgan fingerprint density at radius 3 is 2.62 bits per heavy atom. The first-order chi connectivity index (χ1) is 11.5. The number of thiophene rings is 1. The summed E-state index contributed by atoms with van der Waals surface area (Å²) in [4.78, 5) is 37.9. The molecule has 2 aromatic rings. The van der Waals surface area contributed by atoms with Gasteiger partial charge in [0.15, 0.2) is 0 Å². The molecule has 0 saturated carbocycles. The topological polar surface area (TPSA) is 78.4 Å². The second-order valence-electron chi connectivity index (χ2n) is 5.86. The van der Waals surface area contributed by atoms with E-state index >= 15 is 0 Å². The van der Waals surface area contributed by atoms with Gasteiger partial charge in [0.1, 0.15) is 17.0 Å². The monoisotopic (exact) mass is 347 g/mol. The van der Waals surface area contributed by atoms with Crippen LogP contribution in [0.25, 0.3) is 10.2 Å². The maximum absolute atomic E-state index is 12.3. The SMILES string of the molecule is CC(=O)N1CCN(C(=O)CCNc2ncnc3sc(C)cc23)CC1. The Kier molecular flexibility index (Phi) is 4.94. The van der Waals surface area contributed by atoms with Crippen molar-refractivity contribution in [1.82, 2.24) is 19.8 Å². The fourth-order valence-electron chi connectivity index (χ4n) is 2.83. The van der Waals surface area contributed by atoms with Gasteiger partial charge in [0, 0.05) is 50.9 Å². The van der Waals surface area contributed by atoms with E-state index in [-0.39, 0.29) is 11.8 Å². The molecule has 1 saturated heterocycles. The Morgan fingerprint density at radius 1 is 1.21 bits per heavy atom. The molecule has 2 aromatic heterocycles. The first kappa shape index (κ1) is 16.6. The minimum absolute atomic E-state index is 0.0719. The molecular weight excluding hydrogens is 326 g/mol. The maximum atomic E-state index is 12.3. The Labute approximate surface area is 144 Å². The average Bonchev–Trinajstić information content (AvgIpc) is 2.96. The number of aryl methyl sites for hydroxylation is 1. The molecule has 0 atom stereocenters. The number of nitrogens with zero attached hydrogens (tertiary/aromatic N) is 4. The summed E-state index contributed by atoms with van der Waals surface area (Å²) >= 11 is 1.63. The van der Waals surface area contributed by atoms with E-state index in [1.54, 1.807) is 29.5 Å². The first-order valence-electron chi connectivity index (χ1n) is 8.03. The highest BCUT2D eigenvalue weighted by molar-refractivity contribution is 7.18. The number of fused-ring (bicyclic) bond motifs is 1. The van der Waals surface area contributed by atoms with Gasteiger partial charge in [-0.05, 0) is 13.0 Å². The second kappa shape index (κ2) is 7.12. The number of amides is 2. The first-order valence-corrected chi connectivity index (χ1v) is 8.84. The van der Waals surface area contributed by atoms with E-state index in [0.29, 0.717) is 39.1 Å². The third-order valence-corrected chi connectivity index (χ3v) is 5.12. The molecule has 0 spiro atoms. The zero-order valence-corrected chi connectivity index (χ0v) is 14.7. The Bertz CT molecular complexity index is 752. The molecule has 1 aliphatic heterocycles. The molecule has 0 bridgehead atoms. The maximum Gasteiger partial charge on any atom is 0.224 e. The van der Waals surface area contributed by atoms with Crippen molar-refractivity contribution < 1.29 is 9.59 Å². The fraction of sp³-hybridized carbons (Fsp3) is 0.500. The minimum Gasteiger partial charge on any atom is -0.369 e. The van der Waals surface area contributed by atoms with E-state index in [4.69, 9.17) is 0 Å². The van der Waals surface area contributed by atoms with E-state index in [0.717, 1.165) is 16.0 Å². The molecule has 0 aliphatic carbocycles. The third-order valence-electron chi connectivity index (χ3n) is 4.16. The van der Waals surface area contributed by atoms with E-state index < -0.39 is 0 Å². The second-order valence-corrected chi connectivity index (χ2v) is 7.10. The molecule has 3 rings (SSSR count). The fourth-order valence-corrected chi connectivity index (χ4v) is 3.68. The normalized spacial score (nSPS) is 14.9. The smallest absolute Gasteiger partial charge is 0.224 e. The highest BCUT2D eigenvalue weighted by Gasteiger charge is 2.21. The minimum atomic E-state index is 0.0719. The van der Waals surface area contributed by atoms with Crippen molar-refractivity contribution in [1.29, 1.82) is 0 Å². The van der Waals surface area contributed by atoms with Crippen LogP contribution in [0.1, 0.15) is 18.2 Å². The largest absolute Gasteiger partial charge is 0.369 e. The molecule has 128 valence electrons. The van der Waals surface area contributed by atoms with Crippen LogP contribution < -0.4 is 5.32 Å². The van der Waals surface area contributed by atoms with E-state index in [2.05, 4.69) is 21.4 Å². The molecule has 8 heteroatoms. The van der Waals surface area contributed by atoms with Gasteiger partial charge >= 0.3 is 0 Å². The van der Waals surface area contributed by atoms with Gasteiger partial charge in [-0.2, -0.15) is 0 Å². The van der Waals surface area contributed by atoms with Gasteiger partial charge in [-0.25, -0.2) is 9.97 Å². The zero-order valence-electron chi connectivity index (χ0n) is 13.9. The lowest BCUT2D eigenvalue weighted by Gasteiger charge is -2.34.